The van der Waals surface area contributed by atoms with Gasteiger partial charge < -0.3 is 15.0 Å². The van der Waals surface area contributed by atoms with Gasteiger partial charge >= 0.3 is 0 Å². The summed E-state index contributed by atoms with van der Waals surface area (Å²) in [4.78, 5) is 2.46. The minimum Gasteiger partial charge on any atom is -0.377 e. The molecule has 2 unspecified atom stereocenters. The van der Waals surface area contributed by atoms with Crippen molar-refractivity contribution < 1.29 is 4.74 Å². The van der Waals surface area contributed by atoms with Crippen molar-refractivity contribution in [3.63, 3.8) is 0 Å². The lowest BCUT2D eigenvalue weighted by atomic mass is 10.2. The lowest BCUT2D eigenvalue weighted by molar-refractivity contribution is 0.0561. The molecule has 0 aliphatic heterocycles. The average molecular weight is 228 g/mol. The van der Waals surface area contributed by atoms with Crippen molar-refractivity contribution in [1.82, 2.24) is 10.2 Å². The van der Waals surface area contributed by atoms with Crippen LogP contribution in [0.4, 0.5) is 0 Å². The molecule has 0 radical (unpaired) electrons. The minimum absolute atomic E-state index is 0.353. The Morgan fingerprint density at radius 2 is 2.12 bits per heavy atom. The Bertz CT molecular complexity index is 185. The second-order valence-corrected chi connectivity index (χ2v) is 5.12. The van der Waals surface area contributed by atoms with Crippen molar-refractivity contribution in [3.05, 3.63) is 0 Å². The molecule has 1 fully saturated rings. The van der Waals surface area contributed by atoms with Gasteiger partial charge in [0.1, 0.15) is 0 Å². The van der Waals surface area contributed by atoms with E-state index in [1.165, 1.54) is 19.3 Å². The average Bonchev–Trinajstić information content (AvgIpc) is 2.66. The Balaban J connectivity index is 2.15. The van der Waals surface area contributed by atoms with Crippen molar-refractivity contribution in [2.45, 2.75) is 58.2 Å². The largest absolute Gasteiger partial charge is 0.377 e. The summed E-state index contributed by atoms with van der Waals surface area (Å²) < 4.78 is 5.59. The molecule has 16 heavy (non-hydrogen) atoms. The van der Waals surface area contributed by atoms with Gasteiger partial charge in [-0.1, -0.05) is 6.92 Å². The molecule has 1 aliphatic carbocycles. The van der Waals surface area contributed by atoms with E-state index in [9.17, 15) is 0 Å². The van der Waals surface area contributed by atoms with Crippen LogP contribution in [0.15, 0.2) is 0 Å². The van der Waals surface area contributed by atoms with Crippen LogP contribution in [0.25, 0.3) is 0 Å². The van der Waals surface area contributed by atoms with Crippen LogP contribution in [0.5, 0.6) is 0 Å². The predicted octanol–water partition coefficient (Wildman–Crippen LogP) is 1.87. The molecule has 0 spiro atoms. The highest BCUT2D eigenvalue weighted by molar-refractivity contribution is 4.85. The highest BCUT2D eigenvalue weighted by Crippen LogP contribution is 2.23. The number of nitrogens with zero attached hydrogens (tertiary/aromatic N) is 1. The van der Waals surface area contributed by atoms with Gasteiger partial charge in [-0.15, -0.1) is 0 Å². The van der Waals surface area contributed by atoms with Gasteiger partial charge in [0.15, 0.2) is 0 Å². The fourth-order valence-electron chi connectivity index (χ4n) is 2.45. The number of hydrogen-bond donors (Lipinski definition) is 1. The lowest BCUT2D eigenvalue weighted by Gasteiger charge is -2.24. The molecule has 0 aromatic rings. The van der Waals surface area contributed by atoms with Crippen LogP contribution in [0.2, 0.25) is 0 Å². The summed E-state index contributed by atoms with van der Waals surface area (Å²) in [5.74, 6) is 0. The molecular formula is C13H28N2O. The zero-order chi connectivity index (χ0) is 12.0. The number of rotatable bonds is 7. The summed E-state index contributed by atoms with van der Waals surface area (Å²) in [5.41, 5.74) is 0. The topological polar surface area (TPSA) is 24.5 Å². The first-order valence-corrected chi connectivity index (χ1v) is 6.68. The molecule has 0 bridgehead atoms. The van der Waals surface area contributed by atoms with Gasteiger partial charge in [0.2, 0.25) is 0 Å². The van der Waals surface area contributed by atoms with Crippen LogP contribution in [0, 0.1) is 0 Å². The monoisotopic (exact) mass is 228 g/mol. The van der Waals surface area contributed by atoms with E-state index >= 15 is 0 Å². The summed E-state index contributed by atoms with van der Waals surface area (Å²) in [7, 11) is 2.22. The van der Waals surface area contributed by atoms with Gasteiger partial charge in [0.05, 0.1) is 12.7 Å². The molecule has 3 nitrogen and oxygen atoms in total. The van der Waals surface area contributed by atoms with Gasteiger partial charge in [0.25, 0.3) is 0 Å². The van der Waals surface area contributed by atoms with Crippen molar-refractivity contribution in [3.8, 4) is 0 Å². The third-order valence-electron chi connectivity index (χ3n) is 3.42. The minimum atomic E-state index is 0.353. The van der Waals surface area contributed by atoms with Gasteiger partial charge in [0, 0.05) is 18.6 Å². The van der Waals surface area contributed by atoms with Crippen molar-refractivity contribution >= 4 is 0 Å². The lowest BCUT2D eigenvalue weighted by Crippen LogP contribution is -2.35. The zero-order valence-corrected chi connectivity index (χ0v) is 11.3. The van der Waals surface area contributed by atoms with E-state index in [0.717, 1.165) is 31.8 Å². The Labute approximate surface area is 101 Å². The number of likely N-dealkylation sites (N-methyl/N-ethyl adjacent to an activating group) is 1. The van der Waals surface area contributed by atoms with Crippen LogP contribution in [-0.2, 0) is 4.74 Å². The van der Waals surface area contributed by atoms with E-state index in [-0.39, 0.29) is 0 Å². The van der Waals surface area contributed by atoms with E-state index in [2.05, 4.69) is 38.0 Å². The molecular weight excluding hydrogens is 200 g/mol. The molecule has 2 atom stereocenters. The van der Waals surface area contributed by atoms with E-state index in [1.807, 2.05) is 0 Å². The first-order valence-electron chi connectivity index (χ1n) is 6.68. The van der Waals surface area contributed by atoms with E-state index in [1.54, 1.807) is 0 Å². The van der Waals surface area contributed by atoms with Crippen LogP contribution < -0.4 is 5.32 Å². The summed E-state index contributed by atoms with van der Waals surface area (Å²) in [5, 5.41) is 3.55. The maximum Gasteiger partial charge on any atom is 0.0596 e. The molecule has 1 N–H and O–H groups in total. The highest BCUT2D eigenvalue weighted by Gasteiger charge is 2.26. The van der Waals surface area contributed by atoms with Gasteiger partial charge in [-0.3, -0.25) is 0 Å². The van der Waals surface area contributed by atoms with Crippen LogP contribution in [0.1, 0.15) is 40.0 Å². The molecule has 0 aromatic heterocycles. The molecule has 0 aromatic carbocycles. The molecule has 96 valence electrons. The van der Waals surface area contributed by atoms with E-state index in [0.29, 0.717) is 6.10 Å². The molecule has 0 saturated heterocycles. The van der Waals surface area contributed by atoms with Gasteiger partial charge in [-0.25, -0.2) is 0 Å². The predicted molar refractivity (Wildman–Crippen MR) is 68.8 cm³/mol. The van der Waals surface area contributed by atoms with E-state index in [4.69, 9.17) is 4.74 Å². The zero-order valence-electron chi connectivity index (χ0n) is 11.3. The fraction of sp³-hybridized carbons (Fsp3) is 1.00. The second kappa shape index (κ2) is 7.25. The first-order chi connectivity index (χ1) is 7.63. The second-order valence-electron chi connectivity index (χ2n) is 5.12. The number of hydrogen-bond acceptors (Lipinski definition) is 3. The summed E-state index contributed by atoms with van der Waals surface area (Å²) in [6, 6.07) is 1.49. The molecule has 0 heterocycles. The quantitative estimate of drug-likeness (QED) is 0.720. The standard InChI is InChI=1S/C13H28N2O/c1-5-14-12-6-7-13(10-12)15(4)8-9-16-11(2)3/h11-14H,5-10H2,1-4H3. The highest BCUT2D eigenvalue weighted by atomic mass is 16.5. The molecule has 1 aliphatic rings. The Hall–Kier alpha value is -0.120. The summed E-state index contributed by atoms with van der Waals surface area (Å²) >= 11 is 0. The number of ether oxygens (including phenoxy) is 1. The molecule has 1 saturated carbocycles. The van der Waals surface area contributed by atoms with Crippen molar-refractivity contribution in [1.29, 1.82) is 0 Å². The number of nitrogens with one attached hydrogen (secondary N) is 1. The van der Waals surface area contributed by atoms with E-state index < -0.39 is 0 Å². The SMILES string of the molecule is CCNC1CCC(N(C)CCOC(C)C)C1. The first kappa shape index (κ1) is 13.9. The summed E-state index contributed by atoms with van der Waals surface area (Å²) in [6.45, 7) is 9.39. The van der Waals surface area contributed by atoms with Gasteiger partial charge in [-0.2, -0.15) is 0 Å². The third kappa shape index (κ3) is 4.81. The third-order valence-corrected chi connectivity index (χ3v) is 3.42. The molecule has 3 heteroatoms. The van der Waals surface area contributed by atoms with Crippen LogP contribution in [0.3, 0.4) is 0 Å². The normalized spacial score (nSPS) is 25.9. The van der Waals surface area contributed by atoms with Crippen LogP contribution in [-0.4, -0.2) is 49.8 Å². The van der Waals surface area contributed by atoms with Crippen molar-refractivity contribution in [2.75, 3.05) is 26.7 Å². The van der Waals surface area contributed by atoms with Crippen LogP contribution >= 0.6 is 0 Å². The Kier molecular flexibility index (Phi) is 6.32. The fourth-order valence-corrected chi connectivity index (χ4v) is 2.45. The Morgan fingerprint density at radius 3 is 2.75 bits per heavy atom. The smallest absolute Gasteiger partial charge is 0.0596 e. The van der Waals surface area contributed by atoms with Crippen molar-refractivity contribution in [2.24, 2.45) is 0 Å². The maximum atomic E-state index is 5.59. The summed E-state index contributed by atoms with van der Waals surface area (Å²) in [6.07, 6.45) is 4.31. The molecule has 1 rings (SSSR count). The maximum absolute atomic E-state index is 5.59. The van der Waals surface area contributed by atoms with Gasteiger partial charge in [-0.05, 0) is 46.7 Å². The molecule has 0 amide bonds. The Morgan fingerprint density at radius 1 is 1.38 bits per heavy atom.